The summed E-state index contributed by atoms with van der Waals surface area (Å²) >= 11 is 0. The van der Waals surface area contributed by atoms with Crippen LogP contribution in [0.2, 0.25) is 0 Å². The molecule has 0 spiro atoms. The lowest BCUT2D eigenvalue weighted by molar-refractivity contribution is 0.142. The van der Waals surface area contributed by atoms with E-state index in [-0.39, 0.29) is 6.10 Å². The van der Waals surface area contributed by atoms with Crippen LogP contribution < -0.4 is 15.4 Å². The van der Waals surface area contributed by atoms with Gasteiger partial charge in [-0.25, -0.2) is 9.97 Å². The number of ether oxygens (including phenoxy) is 2. The van der Waals surface area contributed by atoms with Gasteiger partial charge in [-0.3, -0.25) is 0 Å². The first-order valence-corrected chi connectivity index (χ1v) is 10.2. The molecule has 1 aromatic heterocycles. The number of anilines is 1. The molecule has 0 radical (unpaired) electrons. The highest BCUT2D eigenvalue weighted by Gasteiger charge is 2.28. The predicted octanol–water partition coefficient (Wildman–Crippen LogP) is 3.28. The molecule has 1 aliphatic heterocycles. The lowest BCUT2D eigenvalue weighted by atomic mass is 9.90. The van der Waals surface area contributed by atoms with Crippen molar-refractivity contribution in [2.75, 3.05) is 18.1 Å². The first-order valence-electron chi connectivity index (χ1n) is 10.2. The second-order valence-corrected chi connectivity index (χ2v) is 8.04. The predicted molar refractivity (Wildman–Crippen MR) is 107 cm³/mol. The molecule has 0 amide bonds. The molecule has 2 aromatic rings. The Balaban J connectivity index is 1.65. The topological polar surface area (TPSA) is 73.5 Å². The number of aromatic nitrogens is 2. The standard InChI is InChI=1S/C21H30N4O2/c1-14(2)25(17-8-6-16(22)7-9-17)21-23-12-15-4-3-5-19(20(15)24-21)27-18-10-11-26-13-18/h3-5,12,14,16-18H,6-11,13,22H2,1-2H3. The zero-order valence-electron chi connectivity index (χ0n) is 16.3. The van der Waals surface area contributed by atoms with Gasteiger partial charge in [0.15, 0.2) is 0 Å². The van der Waals surface area contributed by atoms with Crippen molar-refractivity contribution in [2.24, 2.45) is 5.73 Å². The molecule has 1 saturated carbocycles. The van der Waals surface area contributed by atoms with Crippen molar-refractivity contribution in [1.82, 2.24) is 9.97 Å². The second kappa shape index (κ2) is 7.98. The number of para-hydroxylation sites is 1. The van der Waals surface area contributed by atoms with Crippen molar-refractivity contribution in [3.8, 4) is 5.75 Å². The third-order valence-electron chi connectivity index (χ3n) is 5.66. The van der Waals surface area contributed by atoms with Crippen LogP contribution in [-0.2, 0) is 4.74 Å². The number of benzene rings is 1. The summed E-state index contributed by atoms with van der Waals surface area (Å²) in [5, 5.41) is 1.00. The average Bonchev–Trinajstić information content (AvgIpc) is 3.17. The van der Waals surface area contributed by atoms with Gasteiger partial charge < -0.3 is 20.1 Å². The fourth-order valence-electron chi connectivity index (χ4n) is 4.22. The molecular formula is C21H30N4O2. The van der Waals surface area contributed by atoms with E-state index in [1.165, 1.54) is 0 Å². The first-order chi connectivity index (χ1) is 13.1. The average molecular weight is 370 g/mol. The van der Waals surface area contributed by atoms with Crippen LogP contribution in [0, 0.1) is 0 Å². The van der Waals surface area contributed by atoms with E-state index >= 15 is 0 Å². The van der Waals surface area contributed by atoms with E-state index < -0.39 is 0 Å². The Morgan fingerprint density at radius 1 is 1.19 bits per heavy atom. The van der Waals surface area contributed by atoms with Crippen LogP contribution in [0.1, 0.15) is 46.0 Å². The van der Waals surface area contributed by atoms with Crippen LogP contribution in [0.5, 0.6) is 5.75 Å². The molecule has 146 valence electrons. The van der Waals surface area contributed by atoms with Gasteiger partial charge in [0.05, 0.1) is 13.2 Å². The van der Waals surface area contributed by atoms with E-state index in [0.29, 0.717) is 24.7 Å². The van der Waals surface area contributed by atoms with E-state index in [1.54, 1.807) is 0 Å². The Kier molecular flexibility index (Phi) is 5.45. The van der Waals surface area contributed by atoms with Crippen LogP contribution in [0.3, 0.4) is 0 Å². The summed E-state index contributed by atoms with van der Waals surface area (Å²) in [5.74, 6) is 1.61. The van der Waals surface area contributed by atoms with Gasteiger partial charge in [0.25, 0.3) is 0 Å². The van der Waals surface area contributed by atoms with Crippen LogP contribution in [0.25, 0.3) is 10.9 Å². The zero-order chi connectivity index (χ0) is 18.8. The SMILES string of the molecule is CC(C)N(c1ncc2cccc(OC3CCOC3)c2n1)C1CCC(N)CC1. The van der Waals surface area contributed by atoms with E-state index in [4.69, 9.17) is 25.2 Å². The summed E-state index contributed by atoms with van der Waals surface area (Å²) in [6.07, 6.45) is 7.27. The Morgan fingerprint density at radius 2 is 2.00 bits per heavy atom. The van der Waals surface area contributed by atoms with Gasteiger partial charge in [-0.1, -0.05) is 12.1 Å². The minimum atomic E-state index is 0.107. The van der Waals surface area contributed by atoms with Gasteiger partial charge in [-0.2, -0.15) is 0 Å². The molecule has 1 aliphatic carbocycles. The zero-order valence-corrected chi connectivity index (χ0v) is 16.3. The molecule has 2 heterocycles. The highest BCUT2D eigenvalue weighted by atomic mass is 16.5. The minimum Gasteiger partial charge on any atom is -0.486 e. The Labute approximate surface area is 161 Å². The number of hydrogen-bond acceptors (Lipinski definition) is 6. The quantitative estimate of drug-likeness (QED) is 0.871. The number of fused-ring (bicyclic) bond motifs is 1. The molecule has 6 nitrogen and oxygen atoms in total. The summed E-state index contributed by atoms with van der Waals surface area (Å²) in [7, 11) is 0. The molecule has 2 N–H and O–H groups in total. The van der Waals surface area contributed by atoms with Gasteiger partial charge in [0.2, 0.25) is 5.95 Å². The van der Waals surface area contributed by atoms with E-state index in [1.807, 2.05) is 24.4 Å². The largest absolute Gasteiger partial charge is 0.486 e. The number of hydrogen-bond donors (Lipinski definition) is 1. The maximum atomic E-state index is 6.19. The molecule has 27 heavy (non-hydrogen) atoms. The van der Waals surface area contributed by atoms with Gasteiger partial charge in [0, 0.05) is 36.1 Å². The van der Waals surface area contributed by atoms with Gasteiger partial charge in [-0.15, -0.1) is 0 Å². The van der Waals surface area contributed by atoms with Crippen molar-refractivity contribution in [1.29, 1.82) is 0 Å². The molecule has 0 bridgehead atoms. The summed E-state index contributed by atoms with van der Waals surface area (Å²) in [6, 6.07) is 7.14. The fraction of sp³-hybridized carbons (Fsp3) is 0.619. The molecule has 2 fully saturated rings. The molecule has 4 rings (SSSR count). The van der Waals surface area contributed by atoms with Crippen molar-refractivity contribution < 1.29 is 9.47 Å². The molecule has 1 atom stereocenters. The van der Waals surface area contributed by atoms with E-state index in [9.17, 15) is 0 Å². The van der Waals surface area contributed by atoms with Crippen LogP contribution in [-0.4, -0.2) is 47.4 Å². The lowest BCUT2D eigenvalue weighted by Gasteiger charge is -2.38. The lowest BCUT2D eigenvalue weighted by Crippen LogP contribution is -2.45. The summed E-state index contributed by atoms with van der Waals surface area (Å²) < 4.78 is 11.6. The number of nitrogens with zero attached hydrogens (tertiary/aromatic N) is 3. The van der Waals surface area contributed by atoms with Crippen molar-refractivity contribution in [3.05, 3.63) is 24.4 Å². The van der Waals surface area contributed by atoms with Crippen LogP contribution >= 0.6 is 0 Å². The van der Waals surface area contributed by atoms with Gasteiger partial charge in [-0.05, 0) is 45.6 Å². The molecule has 6 heteroatoms. The van der Waals surface area contributed by atoms with Crippen LogP contribution in [0.15, 0.2) is 24.4 Å². The maximum absolute atomic E-state index is 6.19. The first kappa shape index (κ1) is 18.4. The number of rotatable bonds is 5. The monoisotopic (exact) mass is 370 g/mol. The van der Waals surface area contributed by atoms with Crippen molar-refractivity contribution in [2.45, 2.75) is 70.2 Å². The van der Waals surface area contributed by atoms with E-state index in [2.05, 4.69) is 18.7 Å². The molecule has 1 aromatic carbocycles. The smallest absolute Gasteiger partial charge is 0.226 e. The van der Waals surface area contributed by atoms with Crippen LogP contribution in [0.4, 0.5) is 5.95 Å². The van der Waals surface area contributed by atoms with Gasteiger partial charge >= 0.3 is 0 Å². The summed E-state index contributed by atoms with van der Waals surface area (Å²) in [4.78, 5) is 12.0. The third-order valence-corrected chi connectivity index (χ3v) is 5.66. The number of nitrogens with two attached hydrogens (primary N) is 1. The molecule has 1 saturated heterocycles. The normalized spacial score (nSPS) is 25.9. The Morgan fingerprint density at radius 3 is 2.70 bits per heavy atom. The maximum Gasteiger partial charge on any atom is 0.226 e. The minimum absolute atomic E-state index is 0.107. The highest BCUT2D eigenvalue weighted by molar-refractivity contribution is 5.84. The second-order valence-electron chi connectivity index (χ2n) is 8.04. The van der Waals surface area contributed by atoms with Gasteiger partial charge in [0.1, 0.15) is 17.4 Å². The molecule has 2 aliphatic rings. The fourth-order valence-corrected chi connectivity index (χ4v) is 4.22. The van der Waals surface area contributed by atoms with E-state index in [0.717, 1.165) is 61.3 Å². The van der Waals surface area contributed by atoms with Crippen molar-refractivity contribution >= 4 is 16.9 Å². The molecular weight excluding hydrogens is 340 g/mol. The third kappa shape index (κ3) is 4.01. The van der Waals surface area contributed by atoms with Crippen molar-refractivity contribution in [3.63, 3.8) is 0 Å². The highest BCUT2D eigenvalue weighted by Crippen LogP contribution is 2.31. The Hall–Kier alpha value is -1.92. The summed E-state index contributed by atoms with van der Waals surface area (Å²) in [5.41, 5.74) is 6.99. The summed E-state index contributed by atoms with van der Waals surface area (Å²) in [6.45, 7) is 5.83. The molecule has 1 unspecified atom stereocenters. The Bertz CT molecular complexity index is 768.